The predicted octanol–water partition coefficient (Wildman–Crippen LogP) is 1.41. The Bertz CT molecular complexity index is 653. The zero-order valence-corrected chi connectivity index (χ0v) is 13.3. The predicted molar refractivity (Wildman–Crippen MR) is 67.0 cm³/mol. The molecule has 0 bridgehead atoms. The minimum absolute atomic E-state index is 0.162. The van der Waals surface area contributed by atoms with Crippen molar-refractivity contribution in [3.63, 3.8) is 0 Å². The van der Waals surface area contributed by atoms with Crippen LogP contribution in [0.4, 0.5) is 8.78 Å². The number of rotatable bonds is 1. The number of hydrogen-bond acceptors (Lipinski definition) is 0. The molecule has 0 unspecified atom stereocenters. The maximum atomic E-state index is 14.2. The van der Waals surface area contributed by atoms with E-state index in [4.69, 9.17) is 0 Å². The maximum absolute atomic E-state index is 14.2. The van der Waals surface area contributed by atoms with Crippen molar-refractivity contribution < 1.29 is 27.8 Å². The second-order valence-electron chi connectivity index (χ2n) is 4.36. The van der Waals surface area contributed by atoms with Crippen molar-refractivity contribution in [1.29, 1.82) is 0 Å². The summed E-state index contributed by atoms with van der Waals surface area (Å²) in [5.41, 5.74) is 3.58. The number of hydrogen-bond donors (Lipinski definition) is 0. The third kappa shape index (κ3) is 1.72. The van der Waals surface area contributed by atoms with Crippen molar-refractivity contribution in [3.05, 3.63) is 56.2 Å². The summed E-state index contributed by atoms with van der Waals surface area (Å²) in [4.78, 5) is 0. The van der Waals surface area contributed by atoms with Gasteiger partial charge in [-0.05, 0) is 0 Å². The van der Waals surface area contributed by atoms with Gasteiger partial charge in [0, 0.05) is 0 Å². The monoisotopic (exact) mass is 421 g/mol. The molecular weight excluding hydrogens is 413 g/mol. The number of aryl methyl sites for hydroxylation is 1. The van der Waals surface area contributed by atoms with E-state index in [-0.39, 0.29) is 11.6 Å². The van der Waals surface area contributed by atoms with Crippen LogP contribution in [0.25, 0.3) is 11.1 Å². The van der Waals surface area contributed by atoms with Crippen molar-refractivity contribution in [1.82, 2.24) is 0 Å². The van der Waals surface area contributed by atoms with Crippen molar-refractivity contribution in [2.45, 2.75) is 13.3 Å². The molecular formula is C14H9BrF2I-. The van der Waals surface area contributed by atoms with Crippen LogP contribution in [0.5, 0.6) is 0 Å². The van der Waals surface area contributed by atoms with Crippen LogP contribution in [0, 0.1) is 22.1 Å². The fourth-order valence-electron chi connectivity index (χ4n) is 2.41. The average molecular weight is 422 g/mol. The van der Waals surface area contributed by atoms with Gasteiger partial charge in [-0.2, -0.15) is 0 Å². The molecule has 1 aliphatic rings. The molecule has 0 aliphatic heterocycles. The molecule has 18 heavy (non-hydrogen) atoms. The average Bonchev–Trinajstić information content (AvgIpc) is 2.75. The summed E-state index contributed by atoms with van der Waals surface area (Å²) < 4.78 is 29.0. The minimum atomic E-state index is -0.468. The zero-order valence-electron chi connectivity index (χ0n) is 9.53. The van der Waals surface area contributed by atoms with Crippen molar-refractivity contribution in [3.8, 4) is 11.1 Å². The van der Waals surface area contributed by atoms with Crippen LogP contribution in [0.3, 0.4) is 0 Å². The Hall–Kier alpha value is -0.490. The van der Waals surface area contributed by atoms with Gasteiger partial charge < -0.3 is 0 Å². The molecule has 0 saturated carbocycles. The molecule has 0 aromatic heterocycles. The van der Waals surface area contributed by atoms with Gasteiger partial charge in [-0.1, -0.05) is 0 Å². The molecule has 0 fully saturated rings. The fourth-order valence-corrected chi connectivity index (χ4v) is 4.79. The molecule has 94 valence electrons. The molecule has 0 nitrogen and oxygen atoms in total. The van der Waals surface area contributed by atoms with E-state index in [2.05, 4.69) is 12.7 Å². The summed E-state index contributed by atoms with van der Waals surface area (Å²) in [5, 5.41) is 0. The van der Waals surface area contributed by atoms with Crippen LogP contribution in [0.15, 0.2) is 24.3 Å². The van der Waals surface area contributed by atoms with Gasteiger partial charge in [0.25, 0.3) is 0 Å². The molecule has 4 heteroatoms. The molecule has 2 aromatic carbocycles. The molecule has 0 N–H and O–H groups in total. The Kier molecular flexibility index (Phi) is 3.18. The number of benzene rings is 2. The van der Waals surface area contributed by atoms with E-state index < -0.39 is 19.0 Å². The van der Waals surface area contributed by atoms with Crippen molar-refractivity contribution in [2.24, 2.45) is 0 Å². The Morgan fingerprint density at radius 3 is 2.28 bits per heavy atom. The number of fused-ring (bicyclic) bond motifs is 3. The van der Waals surface area contributed by atoms with Gasteiger partial charge >= 0.3 is 121 Å². The van der Waals surface area contributed by atoms with E-state index in [0.717, 1.165) is 14.7 Å². The quantitative estimate of drug-likeness (QED) is 0.521. The molecule has 3 rings (SSSR count). The van der Waals surface area contributed by atoms with Crippen LogP contribution in [0.1, 0.15) is 16.7 Å². The van der Waals surface area contributed by atoms with Gasteiger partial charge in [0.15, 0.2) is 0 Å². The summed E-state index contributed by atoms with van der Waals surface area (Å²) in [6.45, 7) is 1.74. The van der Waals surface area contributed by atoms with Gasteiger partial charge in [0.1, 0.15) is 0 Å². The van der Waals surface area contributed by atoms with Crippen LogP contribution >= 0.6 is 12.7 Å². The first-order valence-electron chi connectivity index (χ1n) is 5.49. The normalized spacial score (nSPS) is 12.7. The van der Waals surface area contributed by atoms with E-state index in [1.807, 2.05) is 18.2 Å². The molecule has 0 spiro atoms. The molecule has 0 heterocycles. The zero-order chi connectivity index (χ0) is 12.9. The molecule has 0 amide bonds. The first-order valence-corrected chi connectivity index (χ1v) is 11.4. The third-order valence-corrected chi connectivity index (χ3v) is 6.79. The van der Waals surface area contributed by atoms with Gasteiger partial charge in [-0.3, -0.25) is 0 Å². The second kappa shape index (κ2) is 4.56. The molecule has 0 radical (unpaired) electrons. The molecule has 1 aliphatic carbocycles. The third-order valence-electron chi connectivity index (χ3n) is 3.35. The van der Waals surface area contributed by atoms with Gasteiger partial charge in [0.2, 0.25) is 0 Å². The number of halogens is 4. The van der Waals surface area contributed by atoms with Crippen LogP contribution in [-0.2, 0) is 6.42 Å². The topological polar surface area (TPSA) is 0 Å². The van der Waals surface area contributed by atoms with Crippen molar-refractivity contribution >= 4 is 12.7 Å². The molecule has 2 aromatic rings. The summed E-state index contributed by atoms with van der Waals surface area (Å²) in [7, 11) is 0. The van der Waals surface area contributed by atoms with Crippen molar-refractivity contribution in [2.75, 3.05) is 0 Å². The summed E-state index contributed by atoms with van der Waals surface area (Å²) in [5.74, 6) is -0.358. The fraction of sp³-hybridized carbons (Fsp3) is 0.143. The molecule has 0 saturated heterocycles. The molecule has 0 atom stereocenters. The van der Waals surface area contributed by atoms with E-state index in [9.17, 15) is 8.78 Å². The van der Waals surface area contributed by atoms with Gasteiger partial charge in [-0.15, -0.1) is 0 Å². The Labute approximate surface area is 120 Å². The van der Waals surface area contributed by atoms with E-state index in [0.29, 0.717) is 23.1 Å². The van der Waals surface area contributed by atoms with E-state index in [1.54, 1.807) is 13.0 Å². The van der Waals surface area contributed by atoms with Gasteiger partial charge in [0.05, 0.1) is 0 Å². The Morgan fingerprint density at radius 2 is 1.61 bits per heavy atom. The first kappa shape index (κ1) is 12.5. The second-order valence-corrected chi connectivity index (χ2v) is 7.94. The van der Waals surface area contributed by atoms with Crippen LogP contribution in [-0.4, -0.2) is 0 Å². The SMILES string of the molecule is Cc1ccc2c(c1F)Cc1c-2ccc([I-]Br)c1F. The summed E-state index contributed by atoms with van der Waals surface area (Å²) in [6, 6.07) is 7.37. The Morgan fingerprint density at radius 1 is 1.00 bits per heavy atom. The van der Waals surface area contributed by atoms with E-state index >= 15 is 0 Å². The van der Waals surface area contributed by atoms with E-state index in [1.165, 1.54) is 0 Å². The van der Waals surface area contributed by atoms with Crippen LogP contribution < -0.4 is 19.0 Å². The summed E-state index contributed by atoms with van der Waals surface area (Å²) in [6.07, 6.45) is 0.370. The summed E-state index contributed by atoms with van der Waals surface area (Å²) >= 11 is 2.91. The Balaban J connectivity index is 2.25. The standard InChI is InChI=1S/C14H9BrF2I/c1-7-2-3-8-9-4-5-12(18-15)14(17)11(9)6-10(8)13(7)16/h2-5H,6H2,1H3/q-1. The van der Waals surface area contributed by atoms with Crippen LogP contribution in [0.2, 0.25) is 0 Å². The van der Waals surface area contributed by atoms with Gasteiger partial charge in [-0.25, -0.2) is 0 Å². The first-order chi connectivity index (χ1) is 8.63.